The van der Waals surface area contributed by atoms with Gasteiger partial charge in [-0.05, 0) is 24.3 Å². The summed E-state index contributed by atoms with van der Waals surface area (Å²) in [4.78, 5) is 9.31. The number of rotatable bonds is 5. The molecule has 0 bridgehead atoms. The molecule has 0 saturated heterocycles. The third kappa shape index (κ3) is 6.79. The van der Waals surface area contributed by atoms with Crippen molar-refractivity contribution >= 4 is 39.6 Å². The fourth-order valence-corrected chi connectivity index (χ4v) is 2.48. The molecule has 0 saturated carbocycles. The van der Waals surface area contributed by atoms with E-state index in [9.17, 15) is 9.90 Å². The van der Waals surface area contributed by atoms with Gasteiger partial charge >= 0.3 is 0 Å². The average molecular weight is 432 g/mol. The Balaban J connectivity index is 0.000000550. The number of benzene rings is 2. The number of hydrazine groups is 2. The summed E-state index contributed by atoms with van der Waals surface area (Å²) in [5.41, 5.74) is 1.77. The minimum absolute atomic E-state index is 0.102. The predicted octanol–water partition coefficient (Wildman–Crippen LogP) is 2.65. The van der Waals surface area contributed by atoms with E-state index in [0.29, 0.717) is 23.8 Å². The smallest absolute Gasteiger partial charge is 0.223 e. The zero-order valence-corrected chi connectivity index (χ0v) is 16.2. The molecule has 2 rings (SSSR count). The zero-order valence-electron chi connectivity index (χ0n) is 13.8. The van der Waals surface area contributed by atoms with Crippen LogP contribution in [0.3, 0.4) is 0 Å². The highest BCUT2D eigenvalue weighted by Gasteiger charge is 2.11. The van der Waals surface area contributed by atoms with E-state index >= 15 is 0 Å². The van der Waals surface area contributed by atoms with Gasteiger partial charge in [0.25, 0.3) is 0 Å². The number of ether oxygens (including phenoxy) is 1. The summed E-state index contributed by atoms with van der Waals surface area (Å²) in [5, 5.41) is 12.1. The maximum absolute atomic E-state index is 9.31. The van der Waals surface area contributed by atoms with Gasteiger partial charge in [0, 0.05) is 30.2 Å². The first-order valence-electron chi connectivity index (χ1n) is 7.06. The molecule has 5 N–H and O–H groups in total. The Kier molecular flexibility index (Phi) is 8.50. The molecular formula is C16H20BrClN4O3. The summed E-state index contributed by atoms with van der Waals surface area (Å²) < 4.78 is 6.60. The maximum Gasteiger partial charge on any atom is 0.223 e. The standard InChI is InChI=1S/C14H14BrClN2O2.C2H6N2O/c1-18(17)13-4-2-3-11(15)10(13)8-20-14-6-5-9(19)7-12(14)16;1-4(3)2-5/h2-7,19H,8,17H2,1H3;2H,3H2,1H3. The van der Waals surface area contributed by atoms with Crippen molar-refractivity contribution in [1.29, 1.82) is 0 Å². The van der Waals surface area contributed by atoms with Gasteiger partial charge in [-0.1, -0.05) is 33.6 Å². The molecule has 0 radical (unpaired) electrons. The predicted molar refractivity (Wildman–Crippen MR) is 102 cm³/mol. The van der Waals surface area contributed by atoms with Crippen molar-refractivity contribution in [3.8, 4) is 11.5 Å². The minimum atomic E-state index is 0.102. The van der Waals surface area contributed by atoms with Crippen LogP contribution < -0.4 is 21.4 Å². The fourth-order valence-electron chi connectivity index (χ4n) is 1.78. The van der Waals surface area contributed by atoms with Gasteiger partial charge in [0.15, 0.2) is 0 Å². The van der Waals surface area contributed by atoms with Crippen LogP contribution in [0.4, 0.5) is 5.69 Å². The lowest BCUT2D eigenvalue weighted by Crippen LogP contribution is -2.26. The molecule has 0 fully saturated rings. The molecule has 0 aromatic heterocycles. The van der Waals surface area contributed by atoms with Crippen molar-refractivity contribution in [2.75, 3.05) is 19.1 Å². The normalized spacial score (nSPS) is 9.68. The van der Waals surface area contributed by atoms with Gasteiger partial charge in [0.2, 0.25) is 6.41 Å². The van der Waals surface area contributed by atoms with Crippen LogP contribution in [0.2, 0.25) is 5.02 Å². The number of hydrogen-bond acceptors (Lipinski definition) is 6. The number of carbonyl (C=O) groups is 1. The first-order chi connectivity index (χ1) is 11.8. The van der Waals surface area contributed by atoms with Gasteiger partial charge in [-0.15, -0.1) is 0 Å². The SMILES string of the molecule is CN(N)C=O.CN(N)c1cccc(Br)c1COc1ccc(O)cc1Cl. The third-order valence-corrected chi connectivity index (χ3v) is 3.97. The Morgan fingerprint density at radius 2 is 1.92 bits per heavy atom. The third-order valence-electron chi connectivity index (χ3n) is 2.93. The second-order valence-corrected chi connectivity index (χ2v) is 6.28. The monoisotopic (exact) mass is 430 g/mol. The molecule has 0 unspecified atom stereocenters. The Morgan fingerprint density at radius 1 is 1.28 bits per heavy atom. The van der Waals surface area contributed by atoms with Crippen molar-refractivity contribution in [2.24, 2.45) is 11.7 Å². The maximum atomic E-state index is 9.31. The van der Waals surface area contributed by atoms with Crippen LogP contribution in [0, 0.1) is 0 Å². The lowest BCUT2D eigenvalue weighted by atomic mass is 10.2. The van der Waals surface area contributed by atoms with Crippen LogP contribution in [0.25, 0.3) is 0 Å². The number of halogens is 2. The van der Waals surface area contributed by atoms with Crippen molar-refractivity contribution in [3.63, 3.8) is 0 Å². The highest BCUT2D eigenvalue weighted by Crippen LogP contribution is 2.31. The number of aromatic hydroxyl groups is 1. The highest BCUT2D eigenvalue weighted by molar-refractivity contribution is 9.10. The molecule has 2 aromatic rings. The summed E-state index contributed by atoms with van der Waals surface area (Å²) >= 11 is 9.49. The molecule has 0 heterocycles. The number of carbonyl (C=O) groups excluding carboxylic acids is 1. The lowest BCUT2D eigenvalue weighted by molar-refractivity contribution is -0.117. The number of hydrogen-bond donors (Lipinski definition) is 3. The van der Waals surface area contributed by atoms with E-state index in [1.165, 1.54) is 24.2 Å². The molecular weight excluding hydrogens is 412 g/mol. The first-order valence-corrected chi connectivity index (χ1v) is 8.23. The Morgan fingerprint density at radius 3 is 2.44 bits per heavy atom. The molecule has 0 aliphatic carbocycles. The lowest BCUT2D eigenvalue weighted by Gasteiger charge is -2.18. The molecule has 25 heavy (non-hydrogen) atoms. The molecule has 9 heteroatoms. The highest BCUT2D eigenvalue weighted by atomic mass is 79.9. The molecule has 2 aromatic carbocycles. The zero-order chi connectivity index (χ0) is 19.0. The van der Waals surface area contributed by atoms with Crippen molar-refractivity contribution in [2.45, 2.75) is 6.61 Å². The van der Waals surface area contributed by atoms with E-state index in [-0.39, 0.29) is 5.75 Å². The average Bonchev–Trinajstić information content (AvgIpc) is 2.55. The fraction of sp³-hybridized carbons (Fsp3) is 0.188. The van der Waals surface area contributed by atoms with Gasteiger partial charge in [-0.2, -0.15) is 0 Å². The topological polar surface area (TPSA) is 105 Å². The number of phenols is 1. The summed E-state index contributed by atoms with van der Waals surface area (Å²) in [7, 11) is 3.23. The van der Waals surface area contributed by atoms with Crippen LogP contribution in [-0.4, -0.2) is 30.6 Å². The molecule has 136 valence electrons. The van der Waals surface area contributed by atoms with E-state index in [2.05, 4.69) is 15.9 Å². The van der Waals surface area contributed by atoms with Crippen LogP contribution in [-0.2, 0) is 11.4 Å². The number of amides is 1. The molecule has 1 amide bonds. The summed E-state index contributed by atoms with van der Waals surface area (Å²) in [5.74, 6) is 11.2. The van der Waals surface area contributed by atoms with Crippen LogP contribution >= 0.6 is 27.5 Å². The van der Waals surface area contributed by atoms with E-state index in [0.717, 1.165) is 20.7 Å². The molecule has 0 spiro atoms. The van der Waals surface area contributed by atoms with Gasteiger partial charge in [0.1, 0.15) is 18.1 Å². The van der Waals surface area contributed by atoms with Gasteiger partial charge in [-0.3, -0.25) is 9.80 Å². The van der Waals surface area contributed by atoms with Gasteiger partial charge in [0.05, 0.1) is 10.7 Å². The van der Waals surface area contributed by atoms with E-state index in [1.807, 2.05) is 18.2 Å². The number of nitrogens with two attached hydrogens (primary N) is 2. The Labute approximate surface area is 159 Å². The molecule has 7 nitrogen and oxygen atoms in total. The van der Waals surface area contributed by atoms with Gasteiger partial charge in [-0.25, -0.2) is 11.7 Å². The largest absolute Gasteiger partial charge is 0.508 e. The number of nitrogens with zero attached hydrogens (tertiary/aromatic N) is 2. The van der Waals surface area contributed by atoms with Crippen molar-refractivity contribution < 1.29 is 14.6 Å². The van der Waals surface area contributed by atoms with Gasteiger partial charge < -0.3 is 14.9 Å². The Hall–Kier alpha value is -2.00. The Bertz CT molecular complexity index is 714. The van der Waals surface area contributed by atoms with E-state index in [4.69, 9.17) is 28.0 Å². The van der Waals surface area contributed by atoms with Crippen LogP contribution in [0.5, 0.6) is 11.5 Å². The first kappa shape index (κ1) is 21.0. The molecule has 0 aliphatic heterocycles. The van der Waals surface area contributed by atoms with E-state index < -0.39 is 0 Å². The molecule has 0 atom stereocenters. The minimum Gasteiger partial charge on any atom is -0.508 e. The number of anilines is 1. The summed E-state index contributed by atoms with van der Waals surface area (Å²) in [6, 6.07) is 10.3. The van der Waals surface area contributed by atoms with Crippen LogP contribution in [0.15, 0.2) is 40.9 Å². The summed E-state index contributed by atoms with van der Waals surface area (Å²) in [6.07, 6.45) is 0.528. The quantitative estimate of drug-likeness (QED) is 0.291. The van der Waals surface area contributed by atoms with E-state index in [1.54, 1.807) is 13.1 Å². The number of phenolic OH excluding ortho intramolecular Hbond substituents is 1. The molecule has 0 aliphatic rings. The van der Waals surface area contributed by atoms with Crippen molar-refractivity contribution in [3.05, 3.63) is 51.5 Å². The second-order valence-electron chi connectivity index (χ2n) is 5.02. The van der Waals surface area contributed by atoms with Crippen LogP contribution in [0.1, 0.15) is 5.56 Å². The van der Waals surface area contributed by atoms with Crippen molar-refractivity contribution in [1.82, 2.24) is 5.01 Å². The summed E-state index contributed by atoms with van der Waals surface area (Å²) in [6.45, 7) is 0.308. The second kappa shape index (κ2) is 10.1.